The number of amides is 1. The van der Waals surface area contributed by atoms with E-state index in [2.05, 4.69) is 23.2 Å². The topological polar surface area (TPSA) is 49.0 Å². The molecule has 2 aromatic heterocycles. The van der Waals surface area contributed by atoms with Gasteiger partial charge in [0.25, 0.3) is 0 Å². The number of hydrogen-bond acceptors (Lipinski definition) is 3. The molecule has 1 amide bonds. The van der Waals surface area contributed by atoms with Gasteiger partial charge in [-0.1, -0.05) is 6.07 Å². The van der Waals surface area contributed by atoms with Crippen molar-refractivity contribution in [2.75, 3.05) is 7.05 Å². The maximum absolute atomic E-state index is 12.1. The lowest BCUT2D eigenvalue weighted by Gasteiger charge is -2.24. The number of nitrogens with zero attached hydrogens (tertiary/aromatic N) is 2. The number of carbonyl (C=O) groups excluding carboxylic acids is 1. The molecule has 1 N–H and O–H groups in total. The zero-order chi connectivity index (χ0) is 13.0. The highest BCUT2D eigenvalue weighted by atomic mass is 32.1. The first-order valence-electron chi connectivity index (χ1n) is 5.95. The summed E-state index contributed by atoms with van der Waals surface area (Å²) in [6.45, 7) is 2.06. The Hall–Kier alpha value is -1.62. The number of nitrogens with one attached hydrogen (secondary N) is 1. The van der Waals surface area contributed by atoms with E-state index in [0.717, 1.165) is 12.0 Å². The fourth-order valence-corrected chi connectivity index (χ4v) is 2.60. The summed E-state index contributed by atoms with van der Waals surface area (Å²) in [5.41, 5.74) is 1.07. The molecule has 0 unspecified atom stereocenters. The van der Waals surface area contributed by atoms with E-state index in [-0.39, 0.29) is 11.9 Å². The maximum atomic E-state index is 12.1. The molecule has 2 rings (SSSR count). The molecule has 5 heteroatoms. The van der Waals surface area contributed by atoms with Gasteiger partial charge in [0, 0.05) is 24.5 Å². The Morgan fingerprint density at radius 3 is 3.06 bits per heavy atom. The summed E-state index contributed by atoms with van der Waals surface area (Å²) in [5, 5.41) is 8.66. The monoisotopic (exact) mass is 263 g/mol. The van der Waals surface area contributed by atoms with Gasteiger partial charge in [-0.05, 0) is 30.4 Å². The lowest BCUT2D eigenvalue weighted by atomic mass is 10.1. The van der Waals surface area contributed by atoms with Crippen molar-refractivity contribution in [3.8, 4) is 0 Å². The molecule has 2 aromatic rings. The SMILES string of the molecule is C[C@@H](c1cccs1)N(C)C(=O)CCc1cn[nH]c1. The van der Waals surface area contributed by atoms with Crippen molar-refractivity contribution in [1.82, 2.24) is 15.1 Å². The molecular weight excluding hydrogens is 246 g/mol. The minimum atomic E-state index is 0.141. The standard InChI is InChI=1S/C13H17N3OS/c1-10(12-4-3-7-18-12)16(2)13(17)6-5-11-8-14-15-9-11/h3-4,7-10H,5-6H2,1-2H3,(H,14,15)/t10-/m0/s1. The minimum Gasteiger partial charge on any atom is -0.338 e. The fourth-order valence-electron chi connectivity index (χ4n) is 1.78. The van der Waals surface area contributed by atoms with E-state index < -0.39 is 0 Å². The molecule has 4 nitrogen and oxygen atoms in total. The van der Waals surface area contributed by atoms with Crippen LogP contribution in [0.25, 0.3) is 0 Å². The highest BCUT2D eigenvalue weighted by Gasteiger charge is 2.17. The third kappa shape index (κ3) is 2.98. The van der Waals surface area contributed by atoms with Gasteiger partial charge in [-0.2, -0.15) is 5.10 Å². The van der Waals surface area contributed by atoms with Gasteiger partial charge in [-0.3, -0.25) is 9.89 Å². The Morgan fingerprint density at radius 1 is 1.61 bits per heavy atom. The number of rotatable bonds is 5. The van der Waals surface area contributed by atoms with Crippen molar-refractivity contribution in [2.45, 2.75) is 25.8 Å². The first kappa shape index (κ1) is 12.8. The highest BCUT2D eigenvalue weighted by molar-refractivity contribution is 7.10. The van der Waals surface area contributed by atoms with Gasteiger partial charge in [0.1, 0.15) is 0 Å². The quantitative estimate of drug-likeness (QED) is 0.901. The lowest BCUT2D eigenvalue weighted by Crippen LogP contribution is -2.29. The van der Waals surface area contributed by atoms with Crippen LogP contribution in [0.15, 0.2) is 29.9 Å². The number of aromatic amines is 1. The van der Waals surface area contributed by atoms with E-state index in [1.54, 1.807) is 17.5 Å². The number of carbonyl (C=O) groups is 1. The average Bonchev–Trinajstić information content (AvgIpc) is 3.06. The normalized spacial score (nSPS) is 12.3. The Bertz CT molecular complexity index is 478. The van der Waals surface area contributed by atoms with Gasteiger partial charge in [0.2, 0.25) is 5.91 Å². The van der Waals surface area contributed by atoms with Crippen LogP contribution < -0.4 is 0 Å². The highest BCUT2D eigenvalue weighted by Crippen LogP contribution is 2.23. The second kappa shape index (κ2) is 5.82. The summed E-state index contributed by atoms with van der Waals surface area (Å²) in [4.78, 5) is 15.1. The summed E-state index contributed by atoms with van der Waals surface area (Å²) < 4.78 is 0. The van der Waals surface area contributed by atoms with E-state index in [1.165, 1.54) is 4.88 Å². The predicted molar refractivity (Wildman–Crippen MR) is 72.4 cm³/mol. The van der Waals surface area contributed by atoms with Crippen molar-refractivity contribution < 1.29 is 4.79 Å². The smallest absolute Gasteiger partial charge is 0.223 e. The summed E-state index contributed by atoms with van der Waals surface area (Å²) in [6.07, 6.45) is 4.84. The molecule has 0 spiro atoms. The Morgan fingerprint density at radius 2 is 2.44 bits per heavy atom. The number of H-pyrrole nitrogens is 1. The van der Waals surface area contributed by atoms with Gasteiger partial charge in [0.15, 0.2) is 0 Å². The van der Waals surface area contributed by atoms with Crippen LogP contribution in [0.4, 0.5) is 0 Å². The molecule has 0 bridgehead atoms. The van der Waals surface area contributed by atoms with Crippen molar-refractivity contribution in [2.24, 2.45) is 0 Å². The third-order valence-corrected chi connectivity index (χ3v) is 4.15. The molecule has 0 aromatic carbocycles. The van der Waals surface area contributed by atoms with Crippen LogP contribution in [0.1, 0.15) is 29.8 Å². The summed E-state index contributed by atoms with van der Waals surface area (Å²) in [7, 11) is 1.86. The second-order valence-corrected chi connectivity index (χ2v) is 5.28. The predicted octanol–water partition coefficient (Wildman–Crippen LogP) is 2.62. The van der Waals surface area contributed by atoms with E-state index in [4.69, 9.17) is 0 Å². The van der Waals surface area contributed by atoms with Crippen LogP contribution in [0.5, 0.6) is 0 Å². The molecule has 0 saturated heterocycles. The second-order valence-electron chi connectivity index (χ2n) is 4.30. The van der Waals surface area contributed by atoms with E-state index in [1.807, 2.05) is 29.6 Å². The zero-order valence-corrected chi connectivity index (χ0v) is 11.4. The summed E-state index contributed by atoms with van der Waals surface area (Å²) >= 11 is 1.68. The Balaban J connectivity index is 1.88. The Kier molecular flexibility index (Phi) is 4.15. The van der Waals surface area contributed by atoms with E-state index in [0.29, 0.717) is 6.42 Å². The molecule has 0 radical (unpaired) electrons. The van der Waals surface area contributed by atoms with E-state index >= 15 is 0 Å². The largest absolute Gasteiger partial charge is 0.338 e. The first-order valence-corrected chi connectivity index (χ1v) is 6.83. The van der Waals surface area contributed by atoms with Gasteiger partial charge in [-0.15, -0.1) is 11.3 Å². The number of thiophene rings is 1. The minimum absolute atomic E-state index is 0.141. The summed E-state index contributed by atoms with van der Waals surface area (Å²) in [6, 6.07) is 4.22. The van der Waals surface area contributed by atoms with Gasteiger partial charge in [0.05, 0.1) is 12.2 Å². The van der Waals surface area contributed by atoms with Crippen molar-refractivity contribution in [3.05, 3.63) is 40.3 Å². The van der Waals surface area contributed by atoms with Gasteiger partial charge < -0.3 is 4.90 Å². The molecule has 0 aliphatic carbocycles. The lowest BCUT2D eigenvalue weighted by molar-refractivity contribution is -0.131. The molecule has 18 heavy (non-hydrogen) atoms. The number of hydrogen-bond donors (Lipinski definition) is 1. The molecular formula is C13H17N3OS. The third-order valence-electron chi connectivity index (χ3n) is 3.11. The molecule has 0 fully saturated rings. The molecule has 2 heterocycles. The van der Waals surface area contributed by atoms with Gasteiger partial charge >= 0.3 is 0 Å². The average molecular weight is 263 g/mol. The Labute approximate surface area is 111 Å². The van der Waals surface area contributed by atoms with Gasteiger partial charge in [-0.25, -0.2) is 0 Å². The maximum Gasteiger partial charge on any atom is 0.223 e. The zero-order valence-electron chi connectivity index (χ0n) is 10.6. The number of aryl methyl sites for hydroxylation is 1. The van der Waals surface area contributed by atoms with Crippen LogP contribution in [0.2, 0.25) is 0 Å². The number of aromatic nitrogens is 2. The molecule has 0 saturated carbocycles. The molecule has 1 atom stereocenters. The molecule has 0 aliphatic rings. The molecule has 0 aliphatic heterocycles. The summed E-state index contributed by atoms with van der Waals surface area (Å²) in [5.74, 6) is 0.164. The van der Waals surface area contributed by atoms with Crippen molar-refractivity contribution >= 4 is 17.2 Å². The molecule has 96 valence electrons. The van der Waals surface area contributed by atoms with Crippen LogP contribution in [0, 0.1) is 0 Å². The van der Waals surface area contributed by atoms with Crippen molar-refractivity contribution in [3.63, 3.8) is 0 Å². The van der Waals surface area contributed by atoms with Crippen LogP contribution in [-0.4, -0.2) is 28.1 Å². The van der Waals surface area contributed by atoms with Crippen LogP contribution in [-0.2, 0) is 11.2 Å². The van der Waals surface area contributed by atoms with Crippen LogP contribution >= 0.6 is 11.3 Å². The van der Waals surface area contributed by atoms with Crippen LogP contribution in [0.3, 0.4) is 0 Å². The van der Waals surface area contributed by atoms with Crippen molar-refractivity contribution in [1.29, 1.82) is 0 Å². The first-order chi connectivity index (χ1) is 8.68. The fraction of sp³-hybridized carbons (Fsp3) is 0.385. The van der Waals surface area contributed by atoms with E-state index in [9.17, 15) is 4.79 Å².